The molecule has 144 valence electrons. The molecule has 0 unspecified atom stereocenters. The van der Waals surface area contributed by atoms with Gasteiger partial charge in [0.1, 0.15) is 0 Å². The van der Waals surface area contributed by atoms with Crippen molar-refractivity contribution in [3.63, 3.8) is 0 Å². The molecule has 0 aliphatic rings. The summed E-state index contributed by atoms with van der Waals surface area (Å²) in [5.41, 5.74) is 0.906. The second kappa shape index (κ2) is 20.4. The summed E-state index contributed by atoms with van der Waals surface area (Å²) >= 11 is 0. The third-order valence-electron chi connectivity index (χ3n) is 2.43. The van der Waals surface area contributed by atoms with Crippen molar-refractivity contribution in [1.82, 2.24) is 0 Å². The molecular formula is C21H36O3S. The van der Waals surface area contributed by atoms with Crippen LogP contribution in [0.4, 0.5) is 0 Å². The van der Waals surface area contributed by atoms with Gasteiger partial charge in [0.2, 0.25) is 9.84 Å². The summed E-state index contributed by atoms with van der Waals surface area (Å²) in [4.78, 5) is 0.277. The fraction of sp³-hybridized carbons (Fsp3) is 0.429. The molecule has 0 heterocycles. The number of rotatable bonds is 7. The molecule has 0 amide bonds. The van der Waals surface area contributed by atoms with Crippen LogP contribution in [0.25, 0.3) is 0 Å². The van der Waals surface area contributed by atoms with Crippen LogP contribution in [0.15, 0.2) is 71.7 Å². The first kappa shape index (κ1) is 28.2. The fourth-order valence-electron chi connectivity index (χ4n) is 1.38. The first-order valence-electron chi connectivity index (χ1n) is 8.90. The van der Waals surface area contributed by atoms with Crippen molar-refractivity contribution in [1.29, 1.82) is 0 Å². The van der Waals surface area contributed by atoms with Gasteiger partial charge in [-0.05, 0) is 24.6 Å². The summed E-state index contributed by atoms with van der Waals surface area (Å²) in [6, 6.07) is 8.28. The molecule has 0 spiro atoms. The van der Waals surface area contributed by atoms with Crippen molar-refractivity contribution in [3.8, 4) is 0 Å². The number of hydrogen-bond acceptors (Lipinski definition) is 3. The third-order valence-corrected chi connectivity index (χ3v) is 3.89. The van der Waals surface area contributed by atoms with Crippen LogP contribution in [0, 0.1) is 0 Å². The van der Waals surface area contributed by atoms with Crippen LogP contribution in [0.3, 0.4) is 0 Å². The average Bonchev–Trinajstić information content (AvgIpc) is 2.70. The molecule has 3 nitrogen and oxygen atoms in total. The molecule has 0 saturated carbocycles. The van der Waals surface area contributed by atoms with Crippen molar-refractivity contribution < 1.29 is 13.2 Å². The Balaban J connectivity index is -0.000000725. The predicted molar refractivity (Wildman–Crippen MR) is 112 cm³/mol. The van der Waals surface area contributed by atoms with E-state index in [9.17, 15) is 8.42 Å². The van der Waals surface area contributed by atoms with Gasteiger partial charge in [-0.1, -0.05) is 90.6 Å². The third kappa shape index (κ3) is 14.4. The zero-order chi connectivity index (χ0) is 20.1. The van der Waals surface area contributed by atoms with Crippen molar-refractivity contribution >= 4 is 9.84 Å². The topological polar surface area (TPSA) is 43.4 Å². The van der Waals surface area contributed by atoms with Crippen LogP contribution in [-0.2, 0) is 14.6 Å². The van der Waals surface area contributed by atoms with E-state index in [4.69, 9.17) is 4.74 Å². The van der Waals surface area contributed by atoms with E-state index in [1.165, 1.54) is 0 Å². The van der Waals surface area contributed by atoms with Gasteiger partial charge in [0.05, 0.1) is 11.5 Å². The van der Waals surface area contributed by atoms with Gasteiger partial charge in [-0.3, -0.25) is 0 Å². The monoisotopic (exact) mass is 368 g/mol. The normalized spacial score (nSPS) is 10.4. The molecule has 0 fully saturated rings. The van der Waals surface area contributed by atoms with Gasteiger partial charge in [0.15, 0.2) is 5.94 Å². The van der Waals surface area contributed by atoms with Gasteiger partial charge in [-0.15, -0.1) is 0 Å². The Morgan fingerprint density at radius 1 is 1.04 bits per heavy atom. The van der Waals surface area contributed by atoms with Crippen LogP contribution >= 0.6 is 0 Å². The lowest BCUT2D eigenvalue weighted by molar-refractivity contribution is 0.204. The summed E-state index contributed by atoms with van der Waals surface area (Å²) in [5, 5.41) is 0. The molecule has 0 bridgehead atoms. The molecule has 0 saturated heterocycles. The van der Waals surface area contributed by atoms with Gasteiger partial charge >= 0.3 is 0 Å². The Hall–Kier alpha value is -1.65. The smallest absolute Gasteiger partial charge is 0.202 e. The van der Waals surface area contributed by atoms with E-state index < -0.39 is 9.84 Å². The number of sulfone groups is 1. The molecule has 4 heteroatoms. The van der Waals surface area contributed by atoms with Crippen molar-refractivity contribution in [2.45, 2.75) is 53.4 Å². The zero-order valence-electron chi connectivity index (χ0n) is 17.0. The molecule has 0 aromatic heterocycles. The average molecular weight is 369 g/mol. The van der Waals surface area contributed by atoms with Crippen molar-refractivity contribution in [2.75, 3.05) is 12.5 Å². The van der Waals surface area contributed by atoms with E-state index in [2.05, 4.69) is 6.58 Å². The number of benzene rings is 1. The second-order valence-corrected chi connectivity index (χ2v) is 5.79. The molecular weight excluding hydrogens is 332 g/mol. The van der Waals surface area contributed by atoms with Gasteiger partial charge in [-0.25, -0.2) is 8.42 Å². The first-order chi connectivity index (χ1) is 12.1. The Kier molecular flexibility index (Phi) is 23.0. The van der Waals surface area contributed by atoms with Crippen LogP contribution in [0.1, 0.15) is 48.5 Å². The summed E-state index contributed by atoms with van der Waals surface area (Å²) in [6.45, 7) is 17.7. The Bertz CT molecular complexity index is 556. The van der Waals surface area contributed by atoms with E-state index in [0.29, 0.717) is 0 Å². The van der Waals surface area contributed by atoms with Gasteiger partial charge < -0.3 is 4.74 Å². The first-order valence-corrected chi connectivity index (χ1v) is 10.5. The molecule has 0 atom stereocenters. The quantitative estimate of drug-likeness (QED) is 0.538. The highest BCUT2D eigenvalue weighted by Crippen LogP contribution is 2.11. The summed E-state index contributed by atoms with van der Waals surface area (Å²) < 4.78 is 29.1. The van der Waals surface area contributed by atoms with Crippen LogP contribution in [-0.4, -0.2) is 21.0 Å². The Morgan fingerprint density at radius 3 is 2.00 bits per heavy atom. The van der Waals surface area contributed by atoms with Gasteiger partial charge in [-0.2, -0.15) is 0 Å². The van der Waals surface area contributed by atoms with Gasteiger partial charge in [0.25, 0.3) is 0 Å². The maximum atomic E-state index is 11.9. The molecule has 1 aromatic carbocycles. The number of hydrogen-bond donors (Lipinski definition) is 0. The summed E-state index contributed by atoms with van der Waals surface area (Å²) in [5.74, 6) is -0.323. The molecule has 1 aromatic rings. The molecule has 0 radical (unpaired) electrons. The molecule has 0 aliphatic carbocycles. The van der Waals surface area contributed by atoms with E-state index in [1.54, 1.807) is 42.5 Å². The van der Waals surface area contributed by atoms with E-state index in [0.717, 1.165) is 5.57 Å². The highest BCUT2D eigenvalue weighted by molar-refractivity contribution is 7.91. The Labute approximate surface area is 156 Å². The molecule has 25 heavy (non-hydrogen) atoms. The second-order valence-electron chi connectivity index (χ2n) is 3.85. The van der Waals surface area contributed by atoms with Crippen molar-refractivity contribution in [2.24, 2.45) is 0 Å². The minimum Gasteiger partial charge on any atom is -0.360 e. The maximum absolute atomic E-state index is 11.9. The van der Waals surface area contributed by atoms with E-state index >= 15 is 0 Å². The van der Waals surface area contributed by atoms with E-state index in [1.807, 2.05) is 60.6 Å². The highest BCUT2D eigenvalue weighted by Gasteiger charge is 2.13. The van der Waals surface area contributed by atoms with Crippen molar-refractivity contribution in [3.05, 3.63) is 66.8 Å². The SMILES string of the molecule is C=C/C=C\C(=C/C)COCS(=O)(=O)c1ccccc1.CC.CC.CC. The zero-order valence-corrected chi connectivity index (χ0v) is 17.8. The fourth-order valence-corrected chi connectivity index (χ4v) is 2.40. The minimum absolute atomic E-state index is 0.257. The van der Waals surface area contributed by atoms with E-state index in [-0.39, 0.29) is 17.4 Å². The molecule has 0 aliphatic heterocycles. The highest BCUT2D eigenvalue weighted by atomic mass is 32.2. The maximum Gasteiger partial charge on any atom is 0.202 e. The van der Waals surface area contributed by atoms with Crippen LogP contribution in [0.2, 0.25) is 0 Å². The number of allylic oxidation sites excluding steroid dienone is 3. The molecule has 0 N–H and O–H groups in total. The number of ether oxygens (including phenoxy) is 1. The lowest BCUT2D eigenvalue weighted by Crippen LogP contribution is -2.11. The van der Waals surface area contributed by atoms with Crippen LogP contribution in [0.5, 0.6) is 0 Å². The largest absolute Gasteiger partial charge is 0.360 e. The standard InChI is InChI=1S/C15H18O3S.3C2H6/c1-3-5-9-14(4-2)12-18-13-19(16,17)15-10-7-6-8-11-15;3*1-2/h3-11H,1,12-13H2,2H3;3*1-2H3/b9-5-,14-4+;;;. The van der Waals surface area contributed by atoms with Gasteiger partial charge in [0, 0.05) is 0 Å². The lowest BCUT2D eigenvalue weighted by Gasteiger charge is -2.06. The Morgan fingerprint density at radius 2 is 1.56 bits per heavy atom. The summed E-state index contributed by atoms with van der Waals surface area (Å²) in [6.07, 6.45) is 7.14. The van der Waals surface area contributed by atoms with Crippen LogP contribution < -0.4 is 0 Å². The lowest BCUT2D eigenvalue weighted by atomic mass is 10.2. The molecule has 1 rings (SSSR count). The summed E-state index contributed by atoms with van der Waals surface area (Å²) in [7, 11) is -3.38. The predicted octanol–water partition coefficient (Wildman–Crippen LogP) is 6.20. The minimum atomic E-state index is -3.38.